The van der Waals surface area contributed by atoms with E-state index < -0.39 is 0 Å². The van der Waals surface area contributed by atoms with Gasteiger partial charge < -0.3 is 9.47 Å². The highest BCUT2D eigenvalue weighted by atomic mass is 16.5. The first-order valence-corrected chi connectivity index (χ1v) is 8.54. The van der Waals surface area contributed by atoms with Crippen LogP contribution in [-0.2, 0) is 20.9 Å². The maximum atomic E-state index is 11.8. The molecule has 0 amide bonds. The highest BCUT2D eigenvalue weighted by Crippen LogP contribution is 2.15. The van der Waals surface area contributed by atoms with Crippen molar-refractivity contribution in [2.24, 2.45) is 0 Å². The van der Waals surface area contributed by atoms with Crippen molar-refractivity contribution in [3.63, 3.8) is 0 Å². The summed E-state index contributed by atoms with van der Waals surface area (Å²) in [5, 5.41) is 0. The van der Waals surface area contributed by atoms with Crippen molar-refractivity contribution < 1.29 is 19.1 Å². The Labute approximate surface area is 139 Å². The zero-order valence-corrected chi connectivity index (χ0v) is 14.3. The van der Waals surface area contributed by atoms with E-state index in [1.807, 2.05) is 0 Å². The summed E-state index contributed by atoms with van der Waals surface area (Å²) in [5.74, 6) is 0.0333. The molecule has 0 unspecified atom stereocenters. The van der Waals surface area contributed by atoms with E-state index in [-0.39, 0.29) is 18.5 Å². The Morgan fingerprint density at radius 1 is 0.913 bits per heavy atom. The maximum absolute atomic E-state index is 11.8. The zero-order valence-electron chi connectivity index (χ0n) is 14.3. The van der Waals surface area contributed by atoms with Crippen LogP contribution in [0.25, 0.3) is 0 Å². The Kier molecular flexibility index (Phi) is 9.76. The number of carbonyl (C=O) groups is 2. The minimum Gasteiger partial charge on any atom is -0.461 e. The van der Waals surface area contributed by atoms with Gasteiger partial charge in [-0.05, 0) is 24.1 Å². The second-order valence-corrected chi connectivity index (χ2v) is 5.77. The van der Waals surface area contributed by atoms with Crippen molar-refractivity contribution in [3.8, 4) is 5.75 Å². The highest BCUT2D eigenvalue weighted by Gasteiger charge is 2.05. The lowest BCUT2D eigenvalue weighted by Gasteiger charge is -2.06. The van der Waals surface area contributed by atoms with Crippen LogP contribution in [0.2, 0.25) is 0 Å². The fraction of sp³-hybridized carbons (Fsp3) is 0.579. The standard InChI is InChI=1S/C19H28O4/c1-3-4-5-6-7-8-9-10-19(21)23-18-13-11-17(12-14-18)15-22-16(2)20/h11-14H,3-10,15H2,1-2H3. The molecule has 4 heteroatoms. The monoisotopic (exact) mass is 320 g/mol. The number of esters is 2. The first-order chi connectivity index (χ1) is 11.1. The van der Waals surface area contributed by atoms with Crippen molar-refractivity contribution in [1.29, 1.82) is 0 Å². The normalized spacial score (nSPS) is 10.3. The number of carbonyl (C=O) groups excluding carboxylic acids is 2. The minimum absolute atomic E-state index is 0.189. The van der Waals surface area contributed by atoms with Gasteiger partial charge in [-0.15, -0.1) is 0 Å². The minimum atomic E-state index is -0.310. The molecule has 0 saturated carbocycles. The molecule has 0 spiro atoms. The predicted octanol–water partition coefficient (Wildman–Crippen LogP) is 4.80. The highest BCUT2D eigenvalue weighted by molar-refractivity contribution is 5.72. The quantitative estimate of drug-likeness (QED) is 0.334. The molecule has 0 heterocycles. The Balaban J connectivity index is 2.17. The molecule has 23 heavy (non-hydrogen) atoms. The van der Waals surface area contributed by atoms with Gasteiger partial charge in [0.25, 0.3) is 0 Å². The van der Waals surface area contributed by atoms with E-state index >= 15 is 0 Å². The molecule has 0 saturated heterocycles. The van der Waals surface area contributed by atoms with Gasteiger partial charge in [-0.3, -0.25) is 9.59 Å². The second-order valence-electron chi connectivity index (χ2n) is 5.77. The van der Waals surface area contributed by atoms with Gasteiger partial charge in [0.05, 0.1) is 0 Å². The molecule has 0 aliphatic rings. The molecule has 0 atom stereocenters. The Morgan fingerprint density at radius 3 is 2.13 bits per heavy atom. The summed E-state index contributed by atoms with van der Waals surface area (Å²) in [6, 6.07) is 7.03. The van der Waals surface area contributed by atoms with Crippen molar-refractivity contribution in [2.45, 2.75) is 71.8 Å². The van der Waals surface area contributed by atoms with Gasteiger partial charge in [-0.2, -0.15) is 0 Å². The second kappa shape index (κ2) is 11.7. The molecule has 0 radical (unpaired) electrons. The average molecular weight is 320 g/mol. The number of rotatable bonds is 11. The lowest BCUT2D eigenvalue weighted by atomic mass is 10.1. The molecule has 128 valence electrons. The van der Waals surface area contributed by atoms with Crippen LogP contribution in [0, 0.1) is 0 Å². The molecule has 0 aromatic heterocycles. The number of hydrogen-bond acceptors (Lipinski definition) is 4. The van der Waals surface area contributed by atoms with Crippen LogP contribution >= 0.6 is 0 Å². The van der Waals surface area contributed by atoms with Gasteiger partial charge in [-0.25, -0.2) is 0 Å². The van der Waals surface area contributed by atoms with Gasteiger partial charge in [-0.1, -0.05) is 57.6 Å². The van der Waals surface area contributed by atoms with Gasteiger partial charge in [0, 0.05) is 13.3 Å². The fourth-order valence-corrected chi connectivity index (χ4v) is 2.25. The molecule has 1 aromatic rings. The fourth-order valence-electron chi connectivity index (χ4n) is 2.25. The number of ether oxygens (including phenoxy) is 2. The third kappa shape index (κ3) is 9.72. The Morgan fingerprint density at radius 2 is 1.52 bits per heavy atom. The van der Waals surface area contributed by atoms with Crippen LogP contribution in [0.15, 0.2) is 24.3 Å². The van der Waals surface area contributed by atoms with Crippen LogP contribution in [0.5, 0.6) is 5.75 Å². The largest absolute Gasteiger partial charge is 0.461 e. The lowest BCUT2D eigenvalue weighted by molar-refractivity contribution is -0.142. The van der Waals surface area contributed by atoms with E-state index in [4.69, 9.17) is 9.47 Å². The third-order valence-electron chi connectivity index (χ3n) is 3.58. The molecule has 1 rings (SSSR count). The number of benzene rings is 1. The van der Waals surface area contributed by atoms with E-state index in [0.29, 0.717) is 12.2 Å². The molecule has 0 aliphatic heterocycles. The Bertz CT molecular complexity index is 465. The summed E-state index contributed by atoms with van der Waals surface area (Å²) in [7, 11) is 0. The third-order valence-corrected chi connectivity index (χ3v) is 3.58. The van der Waals surface area contributed by atoms with Crippen LogP contribution in [0.1, 0.15) is 70.8 Å². The SMILES string of the molecule is CCCCCCCCCC(=O)Oc1ccc(COC(C)=O)cc1. The predicted molar refractivity (Wildman–Crippen MR) is 90.2 cm³/mol. The van der Waals surface area contributed by atoms with E-state index in [0.717, 1.165) is 18.4 Å². The van der Waals surface area contributed by atoms with Crippen LogP contribution < -0.4 is 4.74 Å². The maximum Gasteiger partial charge on any atom is 0.311 e. The lowest BCUT2D eigenvalue weighted by Crippen LogP contribution is -2.07. The van der Waals surface area contributed by atoms with Crippen molar-refractivity contribution in [1.82, 2.24) is 0 Å². The molecule has 4 nitrogen and oxygen atoms in total. The molecule has 0 N–H and O–H groups in total. The van der Waals surface area contributed by atoms with Crippen molar-refractivity contribution >= 4 is 11.9 Å². The van der Waals surface area contributed by atoms with E-state index in [1.54, 1.807) is 24.3 Å². The summed E-state index contributed by atoms with van der Waals surface area (Å²) in [6.07, 6.45) is 8.73. The summed E-state index contributed by atoms with van der Waals surface area (Å²) >= 11 is 0. The van der Waals surface area contributed by atoms with E-state index in [9.17, 15) is 9.59 Å². The van der Waals surface area contributed by atoms with Crippen molar-refractivity contribution in [3.05, 3.63) is 29.8 Å². The molecule has 0 fully saturated rings. The Hall–Kier alpha value is -1.84. The van der Waals surface area contributed by atoms with Crippen molar-refractivity contribution in [2.75, 3.05) is 0 Å². The van der Waals surface area contributed by atoms with Gasteiger partial charge in [0.2, 0.25) is 0 Å². The molecule has 0 aliphatic carbocycles. The molecular weight excluding hydrogens is 292 g/mol. The smallest absolute Gasteiger partial charge is 0.311 e. The van der Waals surface area contributed by atoms with Crippen LogP contribution in [0.4, 0.5) is 0 Å². The van der Waals surface area contributed by atoms with Crippen LogP contribution in [0.3, 0.4) is 0 Å². The summed E-state index contributed by atoms with van der Waals surface area (Å²) in [4.78, 5) is 22.5. The van der Waals surface area contributed by atoms with E-state index in [2.05, 4.69) is 6.92 Å². The van der Waals surface area contributed by atoms with Gasteiger partial charge in [0.15, 0.2) is 0 Å². The zero-order chi connectivity index (χ0) is 16.9. The molecule has 0 bridgehead atoms. The molecule has 1 aromatic carbocycles. The van der Waals surface area contributed by atoms with Gasteiger partial charge in [0.1, 0.15) is 12.4 Å². The number of hydrogen-bond donors (Lipinski definition) is 0. The van der Waals surface area contributed by atoms with Gasteiger partial charge >= 0.3 is 11.9 Å². The molecular formula is C19H28O4. The van der Waals surface area contributed by atoms with Crippen LogP contribution in [-0.4, -0.2) is 11.9 Å². The summed E-state index contributed by atoms with van der Waals surface area (Å²) in [5.41, 5.74) is 0.868. The first kappa shape index (κ1) is 19.2. The summed E-state index contributed by atoms with van der Waals surface area (Å²) in [6.45, 7) is 3.82. The summed E-state index contributed by atoms with van der Waals surface area (Å²) < 4.78 is 10.2. The van der Waals surface area contributed by atoms with E-state index in [1.165, 1.54) is 39.0 Å². The first-order valence-electron chi connectivity index (χ1n) is 8.54. The average Bonchev–Trinajstić information content (AvgIpc) is 2.53. The topological polar surface area (TPSA) is 52.6 Å². The number of unbranched alkanes of at least 4 members (excludes halogenated alkanes) is 6.